The van der Waals surface area contributed by atoms with Crippen LogP contribution >= 0.6 is 11.3 Å². The van der Waals surface area contributed by atoms with E-state index in [-0.39, 0.29) is 5.91 Å². The molecule has 2 N–H and O–H groups in total. The Balaban J connectivity index is 1.22. The summed E-state index contributed by atoms with van der Waals surface area (Å²) in [5.74, 6) is 0.963. The zero-order valence-corrected chi connectivity index (χ0v) is 16.1. The lowest BCUT2D eigenvalue weighted by atomic mass is 9.93. The van der Waals surface area contributed by atoms with E-state index < -0.39 is 0 Å². The van der Waals surface area contributed by atoms with Gasteiger partial charge in [0.25, 0.3) is 0 Å². The van der Waals surface area contributed by atoms with Gasteiger partial charge in [0.1, 0.15) is 0 Å². The predicted octanol–water partition coefficient (Wildman–Crippen LogP) is 3.16. The second-order valence-electron chi connectivity index (χ2n) is 7.53. The number of nitrogens with zero attached hydrogens (tertiary/aromatic N) is 2. The predicted molar refractivity (Wildman–Crippen MR) is 108 cm³/mol. The van der Waals surface area contributed by atoms with Crippen LogP contribution < -0.4 is 15.5 Å². The van der Waals surface area contributed by atoms with E-state index in [1.807, 2.05) is 6.07 Å². The fourth-order valence-corrected chi connectivity index (χ4v) is 5.03. The molecule has 4 rings (SSSR count). The summed E-state index contributed by atoms with van der Waals surface area (Å²) in [6.45, 7) is 4.16. The lowest BCUT2D eigenvalue weighted by molar-refractivity contribution is -0.122. The van der Waals surface area contributed by atoms with Gasteiger partial charge in [-0.25, -0.2) is 4.98 Å². The molecule has 0 aliphatic carbocycles. The van der Waals surface area contributed by atoms with Gasteiger partial charge in [-0.1, -0.05) is 23.5 Å². The van der Waals surface area contributed by atoms with Crippen LogP contribution in [-0.4, -0.2) is 43.1 Å². The topological polar surface area (TPSA) is 57.3 Å². The van der Waals surface area contributed by atoms with Crippen LogP contribution in [0.3, 0.4) is 0 Å². The molecule has 0 atom stereocenters. The third-order valence-electron chi connectivity index (χ3n) is 5.65. The molecule has 140 valence electrons. The average Bonchev–Trinajstić information content (AvgIpc) is 3.12. The van der Waals surface area contributed by atoms with Gasteiger partial charge < -0.3 is 15.5 Å². The Kier molecular flexibility index (Phi) is 5.70. The minimum absolute atomic E-state index is 0.238. The standard InChI is InChI=1S/C20H28N4OS/c25-19(6-5-15-7-11-21-12-8-15)22-16-9-13-24(14-10-16)20-23-17-3-1-2-4-18(17)26-20/h1-4,15-16,21H,5-14H2,(H,22,25). The van der Waals surface area contributed by atoms with Gasteiger partial charge in [0, 0.05) is 25.6 Å². The van der Waals surface area contributed by atoms with E-state index in [2.05, 4.69) is 33.7 Å². The third kappa shape index (κ3) is 4.35. The van der Waals surface area contributed by atoms with E-state index in [1.165, 1.54) is 17.5 Å². The fraction of sp³-hybridized carbons (Fsp3) is 0.600. The molecule has 2 saturated heterocycles. The number of aromatic nitrogens is 1. The van der Waals surface area contributed by atoms with Crippen molar-refractivity contribution in [2.75, 3.05) is 31.1 Å². The number of thiazole rings is 1. The quantitative estimate of drug-likeness (QED) is 0.846. The molecule has 0 unspecified atom stereocenters. The number of hydrogen-bond acceptors (Lipinski definition) is 5. The molecular formula is C20H28N4OS. The number of carbonyl (C=O) groups excluding carboxylic acids is 1. The highest BCUT2D eigenvalue weighted by Gasteiger charge is 2.23. The molecule has 6 heteroatoms. The first-order valence-corrected chi connectivity index (χ1v) is 10.7. The maximum atomic E-state index is 12.3. The summed E-state index contributed by atoms with van der Waals surface area (Å²) in [7, 11) is 0. The number of fused-ring (bicyclic) bond motifs is 1. The smallest absolute Gasteiger partial charge is 0.220 e. The molecule has 26 heavy (non-hydrogen) atoms. The molecule has 1 aromatic heterocycles. The Hall–Kier alpha value is -1.66. The van der Waals surface area contributed by atoms with Crippen LogP contribution in [-0.2, 0) is 4.79 Å². The summed E-state index contributed by atoms with van der Waals surface area (Å²) < 4.78 is 1.25. The molecule has 1 aromatic carbocycles. The molecule has 2 aliphatic heterocycles. The zero-order valence-electron chi connectivity index (χ0n) is 15.2. The van der Waals surface area contributed by atoms with Crippen molar-refractivity contribution in [1.29, 1.82) is 0 Å². The number of nitrogens with one attached hydrogen (secondary N) is 2. The maximum absolute atomic E-state index is 12.3. The molecular weight excluding hydrogens is 344 g/mol. The summed E-state index contributed by atoms with van der Waals surface area (Å²) in [4.78, 5) is 19.4. The summed E-state index contributed by atoms with van der Waals surface area (Å²) in [5, 5.41) is 7.76. The molecule has 0 spiro atoms. The van der Waals surface area contributed by atoms with E-state index in [1.54, 1.807) is 11.3 Å². The molecule has 0 radical (unpaired) electrons. The van der Waals surface area contributed by atoms with Gasteiger partial charge in [-0.2, -0.15) is 0 Å². The van der Waals surface area contributed by atoms with Gasteiger partial charge in [-0.3, -0.25) is 4.79 Å². The van der Waals surface area contributed by atoms with E-state index in [4.69, 9.17) is 4.98 Å². The van der Waals surface area contributed by atoms with Crippen LogP contribution in [0.15, 0.2) is 24.3 Å². The molecule has 1 amide bonds. The molecule has 0 bridgehead atoms. The van der Waals surface area contributed by atoms with Crippen LogP contribution in [0.1, 0.15) is 38.5 Å². The largest absolute Gasteiger partial charge is 0.353 e. The van der Waals surface area contributed by atoms with Gasteiger partial charge in [0.2, 0.25) is 5.91 Å². The summed E-state index contributed by atoms with van der Waals surface area (Å²) in [5.41, 5.74) is 1.08. The van der Waals surface area contributed by atoms with Crippen molar-refractivity contribution in [3.63, 3.8) is 0 Å². The third-order valence-corrected chi connectivity index (χ3v) is 6.75. The number of carbonyl (C=O) groups is 1. The number of rotatable bonds is 5. The second kappa shape index (κ2) is 8.35. The Morgan fingerprint density at radius 3 is 2.73 bits per heavy atom. The maximum Gasteiger partial charge on any atom is 0.220 e. The Morgan fingerprint density at radius 1 is 1.19 bits per heavy atom. The number of anilines is 1. The van der Waals surface area contributed by atoms with Crippen LogP contribution in [0, 0.1) is 5.92 Å². The lowest BCUT2D eigenvalue weighted by Crippen LogP contribution is -2.44. The molecule has 5 nitrogen and oxygen atoms in total. The minimum atomic E-state index is 0.238. The van der Waals surface area contributed by atoms with Gasteiger partial charge >= 0.3 is 0 Å². The number of hydrogen-bond donors (Lipinski definition) is 2. The summed E-state index contributed by atoms with van der Waals surface area (Å²) in [6, 6.07) is 8.63. The lowest BCUT2D eigenvalue weighted by Gasteiger charge is -2.32. The Morgan fingerprint density at radius 2 is 1.96 bits per heavy atom. The van der Waals surface area contributed by atoms with Crippen LogP contribution in [0.2, 0.25) is 0 Å². The minimum Gasteiger partial charge on any atom is -0.353 e. The first-order chi connectivity index (χ1) is 12.8. The van der Waals surface area contributed by atoms with Crippen LogP contribution in [0.5, 0.6) is 0 Å². The van der Waals surface area contributed by atoms with E-state index in [0.717, 1.165) is 62.0 Å². The fourth-order valence-electron chi connectivity index (χ4n) is 4.02. The highest BCUT2D eigenvalue weighted by atomic mass is 32.1. The number of benzene rings is 1. The summed E-state index contributed by atoms with van der Waals surface area (Å²) in [6.07, 6.45) is 6.17. The van der Waals surface area contributed by atoms with E-state index in [0.29, 0.717) is 12.5 Å². The van der Waals surface area contributed by atoms with Gasteiger partial charge in [-0.05, 0) is 63.2 Å². The Labute approximate surface area is 159 Å². The first-order valence-electron chi connectivity index (χ1n) is 9.88. The number of piperidine rings is 2. The monoisotopic (exact) mass is 372 g/mol. The molecule has 3 heterocycles. The Bertz CT molecular complexity index is 699. The molecule has 0 saturated carbocycles. The zero-order chi connectivity index (χ0) is 17.8. The van der Waals surface area contributed by atoms with E-state index >= 15 is 0 Å². The van der Waals surface area contributed by atoms with Crippen molar-refractivity contribution < 1.29 is 4.79 Å². The van der Waals surface area contributed by atoms with Gasteiger partial charge in [-0.15, -0.1) is 0 Å². The highest BCUT2D eigenvalue weighted by molar-refractivity contribution is 7.22. The van der Waals surface area contributed by atoms with Crippen molar-refractivity contribution in [2.45, 2.75) is 44.6 Å². The van der Waals surface area contributed by atoms with Crippen molar-refractivity contribution in [3.8, 4) is 0 Å². The molecule has 2 aliphatic rings. The normalized spacial score (nSPS) is 19.8. The molecule has 2 fully saturated rings. The highest BCUT2D eigenvalue weighted by Crippen LogP contribution is 2.30. The first kappa shape index (κ1) is 17.7. The van der Waals surface area contributed by atoms with Crippen molar-refractivity contribution in [2.24, 2.45) is 5.92 Å². The van der Waals surface area contributed by atoms with Crippen molar-refractivity contribution >= 4 is 32.6 Å². The SMILES string of the molecule is O=C(CCC1CCNCC1)NC1CCN(c2nc3ccccc3s2)CC1. The van der Waals surface area contributed by atoms with Crippen LogP contribution in [0.4, 0.5) is 5.13 Å². The van der Waals surface area contributed by atoms with Crippen molar-refractivity contribution in [3.05, 3.63) is 24.3 Å². The van der Waals surface area contributed by atoms with Gasteiger partial charge in [0.05, 0.1) is 10.2 Å². The average molecular weight is 373 g/mol. The van der Waals surface area contributed by atoms with Crippen LogP contribution in [0.25, 0.3) is 10.2 Å². The second-order valence-corrected chi connectivity index (χ2v) is 8.53. The van der Waals surface area contributed by atoms with E-state index in [9.17, 15) is 4.79 Å². The summed E-state index contributed by atoms with van der Waals surface area (Å²) >= 11 is 1.77. The number of amides is 1. The number of para-hydroxylation sites is 1. The van der Waals surface area contributed by atoms with Gasteiger partial charge in [0.15, 0.2) is 5.13 Å². The van der Waals surface area contributed by atoms with Crippen molar-refractivity contribution in [1.82, 2.24) is 15.6 Å². The molecule has 2 aromatic rings.